The number of hydrogen-bond donors (Lipinski definition) is 0. The summed E-state index contributed by atoms with van der Waals surface area (Å²) >= 11 is 0. The van der Waals surface area contributed by atoms with Crippen molar-refractivity contribution in [1.29, 1.82) is 0 Å². The zero-order chi connectivity index (χ0) is 20.8. The molecule has 1 rings (SSSR count). The van der Waals surface area contributed by atoms with Gasteiger partial charge in [0.15, 0.2) is 0 Å². The van der Waals surface area contributed by atoms with E-state index in [1.54, 1.807) is 0 Å². The Morgan fingerprint density at radius 2 is 1.59 bits per heavy atom. The predicted molar refractivity (Wildman–Crippen MR) is 124 cm³/mol. The monoisotopic (exact) mass is 374 g/mol. The molecule has 1 fully saturated rings. The maximum absolute atomic E-state index is 4.45. The predicted octanol–water partition coefficient (Wildman–Crippen LogP) is 9.08. The van der Waals surface area contributed by atoms with Crippen molar-refractivity contribution in [2.45, 2.75) is 107 Å². The zero-order valence-corrected chi connectivity index (χ0v) is 20.0. The van der Waals surface area contributed by atoms with Crippen molar-refractivity contribution in [1.82, 2.24) is 0 Å². The van der Waals surface area contributed by atoms with Gasteiger partial charge in [0.05, 0.1) is 0 Å². The second-order valence-electron chi connectivity index (χ2n) is 11.2. The Balaban J connectivity index is 2.61. The van der Waals surface area contributed by atoms with Gasteiger partial charge in [-0.3, -0.25) is 0 Å². The molecule has 0 radical (unpaired) electrons. The Bertz CT molecular complexity index is 468. The third-order valence-corrected chi connectivity index (χ3v) is 7.62. The fourth-order valence-corrected chi connectivity index (χ4v) is 6.01. The van der Waals surface area contributed by atoms with Crippen LogP contribution in [0.4, 0.5) is 0 Å². The van der Waals surface area contributed by atoms with Crippen LogP contribution in [0.25, 0.3) is 0 Å². The molecule has 0 nitrogen and oxygen atoms in total. The number of allylic oxidation sites excluding steroid dienone is 2. The van der Waals surface area contributed by atoms with Crippen molar-refractivity contribution in [2.75, 3.05) is 0 Å². The van der Waals surface area contributed by atoms with Gasteiger partial charge in [0, 0.05) is 0 Å². The summed E-state index contributed by atoms with van der Waals surface area (Å²) in [6.07, 6.45) is 10.4. The first-order valence-corrected chi connectivity index (χ1v) is 11.8. The summed E-state index contributed by atoms with van der Waals surface area (Å²) in [7, 11) is 0. The van der Waals surface area contributed by atoms with Gasteiger partial charge in [-0.15, -0.1) is 6.58 Å². The summed E-state index contributed by atoms with van der Waals surface area (Å²) in [5.41, 5.74) is 3.05. The van der Waals surface area contributed by atoms with Crippen LogP contribution in [0.3, 0.4) is 0 Å². The summed E-state index contributed by atoms with van der Waals surface area (Å²) in [6.45, 7) is 27.8. The van der Waals surface area contributed by atoms with Crippen LogP contribution in [0.15, 0.2) is 24.3 Å². The van der Waals surface area contributed by atoms with Crippen LogP contribution in [-0.4, -0.2) is 0 Å². The Morgan fingerprint density at radius 3 is 2.15 bits per heavy atom. The molecule has 1 aliphatic rings. The molecule has 0 heteroatoms. The van der Waals surface area contributed by atoms with Crippen molar-refractivity contribution in [3.8, 4) is 0 Å². The quantitative estimate of drug-likeness (QED) is 0.316. The van der Waals surface area contributed by atoms with Crippen LogP contribution in [0, 0.1) is 40.9 Å². The third-order valence-electron chi connectivity index (χ3n) is 7.62. The highest BCUT2D eigenvalue weighted by atomic mass is 14.4. The van der Waals surface area contributed by atoms with Crippen molar-refractivity contribution >= 4 is 0 Å². The minimum atomic E-state index is 0.307. The van der Waals surface area contributed by atoms with E-state index in [1.165, 1.54) is 49.7 Å². The molecular formula is C27H50. The highest BCUT2D eigenvalue weighted by Gasteiger charge is 2.38. The molecule has 0 heterocycles. The lowest BCUT2D eigenvalue weighted by Crippen LogP contribution is -2.37. The van der Waals surface area contributed by atoms with Crippen molar-refractivity contribution in [2.24, 2.45) is 40.9 Å². The minimum Gasteiger partial charge on any atom is -0.100 e. The van der Waals surface area contributed by atoms with E-state index in [4.69, 9.17) is 0 Å². The van der Waals surface area contributed by atoms with Gasteiger partial charge in [0.1, 0.15) is 0 Å². The Kier molecular flexibility index (Phi) is 9.87. The summed E-state index contributed by atoms with van der Waals surface area (Å²) in [6, 6.07) is 0. The molecule has 0 aromatic rings. The van der Waals surface area contributed by atoms with Crippen LogP contribution >= 0.6 is 0 Å². The summed E-state index contributed by atoms with van der Waals surface area (Å²) in [4.78, 5) is 0. The lowest BCUT2D eigenvalue weighted by molar-refractivity contribution is 0.0494. The molecule has 0 N–H and O–H groups in total. The van der Waals surface area contributed by atoms with E-state index in [-0.39, 0.29) is 0 Å². The van der Waals surface area contributed by atoms with E-state index in [9.17, 15) is 0 Å². The maximum Gasteiger partial charge on any atom is -0.0268 e. The third kappa shape index (κ3) is 8.16. The van der Waals surface area contributed by atoms with Crippen LogP contribution in [0.1, 0.15) is 107 Å². The topological polar surface area (TPSA) is 0 Å². The maximum atomic E-state index is 4.45. The fourth-order valence-electron chi connectivity index (χ4n) is 6.01. The highest BCUT2D eigenvalue weighted by Crippen LogP contribution is 2.46. The van der Waals surface area contributed by atoms with Gasteiger partial charge in [0.2, 0.25) is 0 Å². The van der Waals surface area contributed by atoms with Gasteiger partial charge < -0.3 is 0 Å². The van der Waals surface area contributed by atoms with Crippen molar-refractivity contribution in [3.05, 3.63) is 24.3 Å². The van der Waals surface area contributed by atoms with E-state index in [0.29, 0.717) is 5.41 Å². The molecule has 0 aromatic heterocycles. The first-order valence-electron chi connectivity index (χ1n) is 11.8. The number of rotatable bonds is 11. The smallest absolute Gasteiger partial charge is 0.0268 e. The van der Waals surface area contributed by atoms with Crippen LogP contribution < -0.4 is 0 Å². The van der Waals surface area contributed by atoms with Crippen LogP contribution in [0.2, 0.25) is 0 Å². The summed E-state index contributed by atoms with van der Waals surface area (Å²) in [5, 5.41) is 0. The largest absolute Gasteiger partial charge is 0.100 e. The van der Waals surface area contributed by atoms with Gasteiger partial charge in [-0.25, -0.2) is 0 Å². The molecule has 1 saturated carbocycles. The molecule has 0 saturated heterocycles. The van der Waals surface area contributed by atoms with Gasteiger partial charge in [-0.2, -0.15) is 0 Å². The average molecular weight is 375 g/mol. The standard InChI is InChI=1S/C27H50/c1-11-12-20(4)15-26-16-25(23(7)22(6)24(26)8)14-13-21(5)18-27(9,10)17-19(2)3/h20,22-26H,2,5,11-18H2,1,3-4,6-10H3/t20-,22?,23?,24?,25?,26?/m1/s1. The van der Waals surface area contributed by atoms with Gasteiger partial charge in [0.25, 0.3) is 0 Å². The van der Waals surface area contributed by atoms with E-state index in [2.05, 4.69) is 68.5 Å². The van der Waals surface area contributed by atoms with Gasteiger partial charge in [-0.05, 0) is 86.4 Å². The first-order chi connectivity index (χ1) is 12.5. The van der Waals surface area contributed by atoms with Gasteiger partial charge >= 0.3 is 0 Å². The average Bonchev–Trinajstić information content (AvgIpc) is 2.52. The van der Waals surface area contributed by atoms with Gasteiger partial charge in [-0.1, -0.05) is 79.0 Å². The first kappa shape index (κ1) is 24.5. The molecule has 1 aliphatic carbocycles. The van der Waals surface area contributed by atoms with Crippen LogP contribution in [-0.2, 0) is 0 Å². The molecule has 0 bridgehead atoms. The van der Waals surface area contributed by atoms with Crippen molar-refractivity contribution < 1.29 is 0 Å². The van der Waals surface area contributed by atoms with Crippen LogP contribution in [0.5, 0.6) is 0 Å². The lowest BCUT2D eigenvalue weighted by atomic mass is 9.61. The SMILES string of the molecule is C=C(C)CC(C)(C)CC(=C)CCC1CC(C[C@H](C)CCC)C(C)C(C)C1C. The Morgan fingerprint density at radius 1 is 1.00 bits per heavy atom. The number of hydrogen-bond acceptors (Lipinski definition) is 0. The molecule has 5 unspecified atom stereocenters. The molecular weight excluding hydrogens is 324 g/mol. The molecule has 0 aliphatic heterocycles. The van der Waals surface area contributed by atoms with E-state index in [1.807, 2.05) is 0 Å². The molecule has 6 atom stereocenters. The molecule has 0 amide bonds. The second-order valence-corrected chi connectivity index (χ2v) is 11.2. The van der Waals surface area contributed by atoms with Crippen molar-refractivity contribution in [3.63, 3.8) is 0 Å². The highest BCUT2D eigenvalue weighted by molar-refractivity contribution is 5.03. The molecule has 0 spiro atoms. The van der Waals surface area contributed by atoms with E-state index >= 15 is 0 Å². The van der Waals surface area contributed by atoms with E-state index < -0.39 is 0 Å². The molecule has 0 aromatic carbocycles. The zero-order valence-electron chi connectivity index (χ0n) is 20.0. The second kappa shape index (κ2) is 10.9. The van der Waals surface area contributed by atoms with E-state index in [0.717, 1.165) is 48.3 Å². The lowest BCUT2D eigenvalue weighted by Gasteiger charge is -2.45. The Hall–Kier alpha value is -0.520. The molecule has 158 valence electrons. The Labute approximate surface area is 172 Å². The summed E-state index contributed by atoms with van der Waals surface area (Å²) < 4.78 is 0. The normalized spacial score (nSPS) is 30.1. The summed E-state index contributed by atoms with van der Waals surface area (Å²) in [5.74, 6) is 5.30. The molecule has 27 heavy (non-hydrogen) atoms. The fraction of sp³-hybridized carbons (Fsp3) is 0.852. The minimum absolute atomic E-state index is 0.307.